The first-order chi connectivity index (χ1) is 15.6. The van der Waals surface area contributed by atoms with Gasteiger partial charge < -0.3 is 30.4 Å². The number of hydrogen-bond donors (Lipinski definition) is 2. The van der Waals surface area contributed by atoms with Crippen molar-refractivity contribution in [2.24, 2.45) is 9.98 Å². The third-order valence-corrected chi connectivity index (χ3v) is 4.41. The molecule has 166 valence electrons. The fourth-order valence-electron chi connectivity index (χ4n) is 2.86. The van der Waals surface area contributed by atoms with Crippen LogP contribution in [0.4, 0.5) is 22.7 Å². The van der Waals surface area contributed by atoms with E-state index in [4.69, 9.17) is 30.4 Å². The van der Waals surface area contributed by atoms with E-state index in [2.05, 4.69) is 23.4 Å². The number of nitrogens with two attached hydrogens (primary N) is 2. The minimum Gasteiger partial charge on any atom is -0.488 e. The Hall–Kier alpha value is -4.20. The van der Waals surface area contributed by atoms with Crippen LogP contribution < -0.4 is 30.4 Å². The van der Waals surface area contributed by atoms with Gasteiger partial charge in [-0.25, -0.2) is 0 Å². The molecule has 0 bridgehead atoms. The van der Waals surface area contributed by atoms with Gasteiger partial charge in [-0.15, -0.1) is 0 Å². The van der Waals surface area contributed by atoms with E-state index in [-0.39, 0.29) is 13.2 Å². The van der Waals surface area contributed by atoms with Crippen molar-refractivity contribution < 1.29 is 18.9 Å². The minimum absolute atomic E-state index is 0.270. The molecule has 0 spiro atoms. The molecule has 3 aromatic rings. The molecule has 0 fully saturated rings. The van der Waals surface area contributed by atoms with Crippen molar-refractivity contribution >= 4 is 36.2 Å². The number of nitrogen functional groups attached to an aromatic ring is 2. The summed E-state index contributed by atoms with van der Waals surface area (Å²) in [5.74, 6) is 2.18. The summed E-state index contributed by atoms with van der Waals surface area (Å²) in [5.41, 5.74) is 14.1. The van der Waals surface area contributed by atoms with Gasteiger partial charge in [0.25, 0.3) is 0 Å². The number of benzene rings is 3. The Bertz CT molecular complexity index is 1070. The maximum atomic E-state index is 6.08. The lowest BCUT2D eigenvalue weighted by atomic mass is 10.2. The van der Waals surface area contributed by atoms with Gasteiger partial charge in [-0.3, -0.25) is 9.98 Å². The number of anilines is 2. The summed E-state index contributed by atoms with van der Waals surface area (Å²) in [6.45, 7) is 8.25. The molecule has 0 saturated heterocycles. The van der Waals surface area contributed by atoms with Crippen LogP contribution in [-0.2, 0) is 0 Å². The molecule has 3 aromatic carbocycles. The van der Waals surface area contributed by atoms with E-state index in [9.17, 15) is 0 Å². The van der Waals surface area contributed by atoms with Crippen LogP contribution in [0.15, 0.2) is 70.6 Å². The first kappa shape index (κ1) is 22.5. The second-order valence-corrected chi connectivity index (χ2v) is 6.57. The molecule has 0 aliphatic heterocycles. The monoisotopic (exact) mass is 434 g/mol. The van der Waals surface area contributed by atoms with Crippen molar-refractivity contribution in [3.05, 3.63) is 60.7 Å². The summed E-state index contributed by atoms with van der Waals surface area (Å²) in [5, 5.41) is 0. The molecule has 0 amide bonds. The average Bonchev–Trinajstić information content (AvgIpc) is 2.82. The summed E-state index contributed by atoms with van der Waals surface area (Å²) < 4.78 is 22.9. The van der Waals surface area contributed by atoms with Gasteiger partial charge in [-0.1, -0.05) is 24.3 Å². The van der Waals surface area contributed by atoms with Crippen molar-refractivity contribution in [1.29, 1.82) is 0 Å². The Morgan fingerprint density at radius 2 is 1.09 bits per heavy atom. The predicted octanol–water partition coefficient (Wildman–Crippen LogP) is 4.43. The highest BCUT2D eigenvalue weighted by molar-refractivity contribution is 5.68. The van der Waals surface area contributed by atoms with Gasteiger partial charge in [0.2, 0.25) is 0 Å². The van der Waals surface area contributed by atoms with E-state index in [1.807, 2.05) is 36.4 Å². The smallest absolute Gasteiger partial charge is 0.148 e. The summed E-state index contributed by atoms with van der Waals surface area (Å²) >= 11 is 0. The van der Waals surface area contributed by atoms with Gasteiger partial charge in [0.15, 0.2) is 0 Å². The molecule has 3 rings (SSSR count). The zero-order valence-electron chi connectivity index (χ0n) is 17.7. The molecule has 4 N–H and O–H groups in total. The van der Waals surface area contributed by atoms with Gasteiger partial charge in [-0.05, 0) is 43.8 Å². The fourth-order valence-corrected chi connectivity index (χ4v) is 2.86. The zero-order valence-corrected chi connectivity index (χ0v) is 17.7. The van der Waals surface area contributed by atoms with Crippen LogP contribution in [0.2, 0.25) is 0 Å². The van der Waals surface area contributed by atoms with Crippen LogP contribution in [0.3, 0.4) is 0 Å². The van der Waals surface area contributed by atoms with Gasteiger partial charge in [0.1, 0.15) is 60.8 Å². The maximum Gasteiger partial charge on any atom is 0.148 e. The van der Waals surface area contributed by atoms with Crippen molar-refractivity contribution in [2.45, 2.75) is 0 Å². The molecule has 0 atom stereocenters. The Kier molecular flexibility index (Phi) is 7.91. The van der Waals surface area contributed by atoms with Crippen LogP contribution >= 0.6 is 0 Å². The van der Waals surface area contributed by atoms with Crippen molar-refractivity contribution in [2.75, 3.05) is 37.9 Å². The number of ether oxygens (including phenoxy) is 4. The number of para-hydroxylation sites is 4. The van der Waals surface area contributed by atoms with Gasteiger partial charge in [0, 0.05) is 6.07 Å². The largest absolute Gasteiger partial charge is 0.488 e. The van der Waals surface area contributed by atoms with Gasteiger partial charge in [-0.2, -0.15) is 0 Å². The Labute approximate surface area is 187 Å². The molecular formula is C24H26N4O4. The number of rotatable bonds is 12. The predicted molar refractivity (Wildman–Crippen MR) is 129 cm³/mol. The highest BCUT2D eigenvalue weighted by atomic mass is 16.5. The molecule has 8 nitrogen and oxygen atoms in total. The maximum absolute atomic E-state index is 6.08. The normalized spacial score (nSPS) is 10.2. The van der Waals surface area contributed by atoms with Crippen LogP contribution in [0.25, 0.3) is 0 Å². The molecule has 0 radical (unpaired) electrons. The van der Waals surface area contributed by atoms with E-state index in [0.29, 0.717) is 59.0 Å². The van der Waals surface area contributed by atoms with E-state index in [1.165, 1.54) is 0 Å². The van der Waals surface area contributed by atoms with E-state index >= 15 is 0 Å². The van der Waals surface area contributed by atoms with Crippen molar-refractivity contribution in [1.82, 2.24) is 0 Å². The Morgan fingerprint density at radius 1 is 0.562 bits per heavy atom. The molecule has 32 heavy (non-hydrogen) atoms. The van der Waals surface area contributed by atoms with Crippen molar-refractivity contribution in [3.63, 3.8) is 0 Å². The quantitative estimate of drug-likeness (QED) is 0.248. The van der Waals surface area contributed by atoms with Crippen molar-refractivity contribution in [3.8, 4) is 23.0 Å². The zero-order chi connectivity index (χ0) is 22.8. The van der Waals surface area contributed by atoms with E-state index in [0.717, 1.165) is 0 Å². The van der Waals surface area contributed by atoms with E-state index in [1.54, 1.807) is 24.3 Å². The first-order valence-corrected chi connectivity index (χ1v) is 9.94. The fraction of sp³-hybridized carbons (Fsp3) is 0.167. The molecule has 0 saturated carbocycles. The Balaban J connectivity index is 1.55. The molecule has 0 aromatic heterocycles. The molecule has 8 heteroatoms. The third-order valence-electron chi connectivity index (χ3n) is 4.41. The van der Waals surface area contributed by atoms with Crippen LogP contribution in [0, 0.1) is 0 Å². The number of aliphatic imine (C=N–C) groups is 2. The van der Waals surface area contributed by atoms with Gasteiger partial charge in [0.05, 0.1) is 11.4 Å². The second kappa shape index (κ2) is 11.3. The summed E-state index contributed by atoms with van der Waals surface area (Å²) in [6, 6.07) is 18.0. The van der Waals surface area contributed by atoms with Crippen LogP contribution in [-0.4, -0.2) is 39.9 Å². The highest BCUT2D eigenvalue weighted by Crippen LogP contribution is 2.36. The van der Waals surface area contributed by atoms with Crippen LogP contribution in [0.1, 0.15) is 0 Å². The highest BCUT2D eigenvalue weighted by Gasteiger charge is 2.11. The molecule has 0 aliphatic rings. The summed E-state index contributed by atoms with van der Waals surface area (Å²) in [7, 11) is 0. The number of hydrogen-bond acceptors (Lipinski definition) is 8. The minimum atomic E-state index is 0.270. The average molecular weight is 434 g/mol. The second-order valence-electron chi connectivity index (χ2n) is 6.57. The van der Waals surface area contributed by atoms with Gasteiger partial charge >= 0.3 is 0 Å². The molecule has 0 unspecified atom stereocenters. The molecular weight excluding hydrogens is 408 g/mol. The summed E-state index contributed by atoms with van der Waals surface area (Å²) in [6.07, 6.45) is 0. The van der Waals surface area contributed by atoms with E-state index < -0.39 is 0 Å². The Morgan fingerprint density at radius 3 is 1.75 bits per heavy atom. The first-order valence-electron chi connectivity index (χ1n) is 9.94. The topological polar surface area (TPSA) is 114 Å². The SMILES string of the molecule is C=Nc1ccccc1OCCOc1cc(OCCOc2ccccc2N)c(N=C)cc1N. The van der Waals surface area contributed by atoms with Crippen LogP contribution in [0.5, 0.6) is 23.0 Å². The third kappa shape index (κ3) is 5.91. The lowest BCUT2D eigenvalue weighted by Crippen LogP contribution is -2.11. The lowest BCUT2D eigenvalue weighted by molar-refractivity contribution is 0.211. The molecule has 0 aliphatic carbocycles. The lowest BCUT2D eigenvalue weighted by Gasteiger charge is -2.15. The molecule has 0 heterocycles. The number of nitrogens with zero attached hydrogens (tertiary/aromatic N) is 2. The standard InChI is InChI=1S/C24H26N4O4/c1-27-19-8-4-6-10-22(19)30-12-13-31-23-16-24(20(28-2)15-18(23)26)32-14-11-29-21-9-5-3-7-17(21)25/h3-10,15-16H,1-2,11-14,25-26H2. The summed E-state index contributed by atoms with van der Waals surface area (Å²) in [4.78, 5) is 7.89.